The molecule has 0 bridgehead atoms. The summed E-state index contributed by atoms with van der Waals surface area (Å²) in [5, 5.41) is 13.6. The Balaban J connectivity index is 1.36. The number of nitrogens with one attached hydrogen (secondary N) is 1. The van der Waals surface area contributed by atoms with E-state index < -0.39 is 6.10 Å². The number of aryl methyl sites for hydroxylation is 1. The lowest BCUT2D eigenvalue weighted by molar-refractivity contribution is 0.103. The van der Waals surface area contributed by atoms with E-state index in [0.717, 1.165) is 18.3 Å². The smallest absolute Gasteiger partial charge is 0.119 e. The Morgan fingerprint density at radius 1 is 1.41 bits per heavy atom. The van der Waals surface area contributed by atoms with Gasteiger partial charge in [-0.05, 0) is 50.8 Å². The Morgan fingerprint density at radius 3 is 2.95 bits per heavy atom. The summed E-state index contributed by atoms with van der Waals surface area (Å²) in [6, 6.07) is 9.94. The van der Waals surface area contributed by atoms with Crippen molar-refractivity contribution in [1.82, 2.24) is 10.2 Å². The number of hydrogen-bond acceptors (Lipinski definition) is 4. The minimum Gasteiger partial charge on any atom is -0.491 e. The maximum absolute atomic E-state index is 10.1. The Morgan fingerprint density at radius 2 is 2.23 bits per heavy atom. The van der Waals surface area contributed by atoms with Crippen LogP contribution in [0, 0.1) is 6.92 Å². The zero-order chi connectivity index (χ0) is 15.5. The van der Waals surface area contributed by atoms with Crippen LogP contribution in [0.25, 0.3) is 0 Å². The van der Waals surface area contributed by atoms with Crippen LogP contribution in [0.15, 0.2) is 24.3 Å². The molecule has 4 heteroatoms. The van der Waals surface area contributed by atoms with Gasteiger partial charge >= 0.3 is 0 Å². The van der Waals surface area contributed by atoms with Crippen LogP contribution in [0.3, 0.4) is 0 Å². The van der Waals surface area contributed by atoms with Crippen LogP contribution >= 0.6 is 0 Å². The van der Waals surface area contributed by atoms with Crippen molar-refractivity contribution in [1.29, 1.82) is 0 Å². The molecule has 1 saturated carbocycles. The van der Waals surface area contributed by atoms with Crippen LogP contribution in [0.4, 0.5) is 0 Å². The van der Waals surface area contributed by atoms with Crippen LogP contribution in [0.5, 0.6) is 5.75 Å². The second-order valence-corrected chi connectivity index (χ2v) is 6.90. The molecule has 0 amide bonds. The Bertz CT molecular complexity index is 490. The van der Waals surface area contributed by atoms with Gasteiger partial charge in [-0.15, -0.1) is 0 Å². The van der Waals surface area contributed by atoms with Crippen molar-refractivity contribution in [2.45, 2.75) is 57.3 Å². The highest BCUT2D eigenvalue weighted by atomic mass is 16.5. The van der Waals surface area contributed by atoms with Crippen molar-refractivity contribution in [3.05, 3.63) is 29.8 Å². The monoisotopic (exact) mass is 304 g/mol. The van der Waals surface area contributed by atoms with Gasteiger partial charge in [0.15, 0.2) is 0 Å². The highest BCUT2D eigenvalue weighted by Gasteiger charge is 2.38. The number of rotatable bonds is 7. The first-order chi connectivity index (χ1) is 10.6. The van der Waals surface area contributed by atoms with Gasteiger partial charge in [0.1, 0.15) is 18.5 Å². The minimum absolute atomic E-state index is 0.338. The number of aliphatic hydroxyl groups is 1. The van der Waals surface area contributed by atoms with E-state index in [1.807, 2.05) is 31.2 Å². The maximum Gasteiger partial charge on any atom is 0.119 e. The first-order valence-corrected chi connectivity index (χ1v) is 8.48. The Hall–Kier alpha value is -1.10. The van der Waals surface area contributed by atoms with Crippen LogP contribution < -0.4 is 10.1 Å². The van der Waals surface area contributed by atoms with E-state index in [0.29, 0.717) is 25.2 Å². The van der Waals surface area contributed by atoms with Crippen LogP contribution in [-0.4, -0.2) is 53.9 Å². The lowest BCUT2D eigenvalue weighted by atomic mass is 10.2. The van der Waals surface area contributed by atoms with E-state index in [1.54, 1.807) is 0 Å². The average Bonchev–Trinajstić information content (AvgIpc) is 3.26. The molecule has 3 atom stereocenters. The molecule has 2 aliphatic rings. The fourth-order valence-corrected chi connectivity index (χ4v) is 3.38. The molecule has 2 N–H and O–H groups in total. The van der Waals surface area contributed by atoms with Gasteiger partial charge in [0.25, 0.3) is 0 Å². The van der Waals surface area contributed by atoms with Crippen molar-refractivity contribution in [2.75, 3.05) is 19.7 Å². The Labute approximate surface area is 133 Å². The lowest BCUT2D eigenvalue weighted by Gasteiger charge is -2.20. The van der Waals surface area contributed by atoms with Gasteiger partial charge in [0, 0.05) is 31.2 Å². The normalized spacial score (nSPS) is 27.0. The van der Waals surface area contributed by atoms with Gasteiger partial charge in [0.2, 0.25) is 0 Å². The zero-order valence-electron chi connectivity index (χ0n) is 13.7. The number of hydrogen-bond donors (Lipinski definition) is 2. The van der Waals surface area contributed by atoms with Crippen LogP contribution in [0.1, 0.15) is 31.7 Å². The first kappa shape index (κ1) is 15.8. The highest BCUT2D eigenvalue weighted by Crippen LogP contribution is 2.33. The lowest BCUT2D eigenvalue weighted by Crippen LogP contribution is -2.39. The number of benzene rings is 1. The molecule has 1 aliphatic carbocycles. The topological polar surface area (TPSA) is 44.7 Å². The fraction of sp³-hybridized carbons (Fsp3) is 0.667. The van der Waals surface area contributed by atoms with Crippen molar-refractivity contribution in [3.63, 3.8) is 0 Å². The van der Waals surface area contributed by atoms with Gasteiger partial charge in [-0.1, -0.05) is 12.1 Å². The summed E-state index contributed by atoms with van der Waals surface area (Å²) in [6.45, 7) is 6.42. The summed E-state index contributed by atoms with van der Waals surface area (Å²) < 4.78 is 5.65. The summed E-state index contributed by atoms with van der Waals surface area (Å²) >= 11 is 0. The number of ether oxygens (including phenoxy) is 1. The summed E-state index contributed by atoms with van der Waals surface area (Å²) in [4.78, 5) is 2.62. The third-order valence-corrected chi connectivity index (χ3v) is 4.71. The van der Waals surface area contributed by atoms with Crippen LogP contribution in [-0.2, 0) is 0 Å². The van der Waals surface area contributed by atoms with Gasteiger partial charge in [-0.2, -0.15) is 0 Å². The fourth-order valence-electron chi connectivity index (χ4n) is 3.38. The van der Waals surface area contributed by atoms with E-state index in [1.165, 1.54) is 24.8 Å². The predicted molar refractivity (Wildman–Crippen MR) is 88.3 cm³/mol. The molecule has 0 radical (unpaired) electrons. The average molecular weight is 304 g/mol. The molecule has 4 nitrogen and oxygen atoms in total. The van der Waals surface area contributed by atoms with E-state index in [9.17, 15) is 5.11 Å². The molecule has 1 saturated heterocycles. The summed E-state index contributed by atoms with van der Waals surface area (Å²) in [6.07, 6.45) is 3.45. The third kappa shape index (κ3) is 4.22. The predicted octanol–water partition coefficient (Wildman–Crippen LogP) is 1.95. The number of likely N-dealkylation sites (tertiary alicyclic amines) is 1. The van der Waals surface area contributed by atoms with Gasteiger partial charge in [-0.25, -0.2) is 0 Å². The molecule has 3 unspecified atom stereocenters. The SMILES string of the molecule is Cc1cccc(OCC(O)CNC2CC(C)N(C3CC3)C2)c1. The number of nitrogens with zero attached hydrogens (tertiary/aromatic N) is 1. The molecule has 122 valence electrons. The molecule has 3 rings (SSSR count). The largest absolute Gasteiger partial charge is 0.491 e. The quantitative estimate of drug-likeness (QED) is 0.808. The molecular formula is C18H28N2O2. The first-order valence-electron chi connectivity index (χ1n) is 8.48. The second-order valence-electron chi connectivity index (χ2n) is 6.90. The zero-order valence-corrected chi connectivity index (χ0v) is 13.7. The standard InChI is InChI=1S/C18H28N2O2/c1-13-4-3-5-18(8-13)22-12-17(21)10-19-15-9-14(2)20(11-15)16-6-7-16/h3-5,8,14-17,19,21H,6-7,9-12H2,1-2H3. The van der Waals surface area contributed by atoms with E-state index >= 15 is 0 Å². The summed E-state index contributed by atoms with van der Waals surface area (Å²) in [5.74, 6) is 0.827. The molecule has 1 aromatic rings. The van der Waals surface area contributed by atoms with Crippen molar-refractivity contribution in [2.24, 2.45) is 0 Å². The van der Waals surface area contributed by atoms with Crippen molar-refractivity contribution < 1.29 is 9.84 Å². The van der Waals surface area contributed by atoms with E-state index in [4.69, 9.17) is 4.74 Å². The van der Waals surface area contributed by atoms with Crippen molar-refractivity contribution >= 4 is 0 Å². The molecule has 1 aliphatic heterocycles. The molecular weight excluding hydrogens is 276 g/mol. The summed E-state index contributed by atoms with van der Waals surface area (Å²) in [7, 11) is 0. The van der Waals surface area contributed by atoms with Crippen LogP contribution in [0.2, 0.25) is 0 Å². The van der Waals surface area contributed by atoms with Gasteiger partial charge < -0.3 is 15.2 Å². The minimum atomic E-state index is -0.467. The third-order valence-electron chi connectivity index (χ3n) is 4.71. The van der Waals surface area contributed by atoms with Gasteiger partial charge in [0.05, 0.1) is 0 Å². The maximum atomic E-state index is 10.1. The molecule has 2 fully saturated rings. The van der Waals surface area contributed by atoms with Gasteiger partial charge in [-0.3, -0.25) is 4.90 Å². The molecule has 1 heterocycles. The molecule has 0 spiro atoms. The second kappa shape index (κ2) is 6.99. The Kier molecular flexibility index (Phi) is 5.01. The number of aliphatic hydroxyl groups excluding tert-OH is 1. The highest BCUT2D eigenvalue weighted by molar-refractivity contribution is 5.27. The van der Waals surface area contributed by atoms with E-state index in [-0.39, 0.29) is 0 Å². The molecule has 0 aromatic heterocycles. The summed E-state index contributed by atoms with van der Waals surface area (Å²) in [5.41, 5.74) is 1.17. The molecule has 1 aromatic carbocycles. The van der Waals surface area contributed by atoms with E-state index in [2.05, 4.69) is 17.1 Å². The van der Waals surface area contributed by atoms with Crippen molar-refractivity contribution in [3.8, 4) is 5.75 Å². The molecule has 22 heavy (non-hydrogen) atoms.